The van der Waals surface area contributed by atoms with Gasteiger partial charge in [0.05, 0.1) is 11.4 Å². The van der Waals surface area contributed by atoms with Gasteiger partial charge in [-0.05, 0) is 30.9 Å². The minimum Gasteiger partial charge on any atom is -0.394 e. The van der Waals surface area contributed by atoms with E-state index in [1.807, 2.05) is 6.92 Å². The summed E-state index contributed by atoms with van der Waals surface area (Å²) < 4.78 is 0. The van der Waals surface area contributed by atoms with Crippen molar-refractivity contribution in [2.45, 2.75) is 32.7 Å². The standard InChI is InChI=1S/C10H15ClN4/c1-3-6-4-7(6)14-9-8(12)5(2)13-10(11)15-9/h6-7H,3-4,12H2,1-2H3,(H,13,14,15). The molecule has 2 rings (SSSR count). The summed E-state index contributed by atoms with van der Waals surface area (Å²) >= 11 is 5.78. The van der Waals surface area contributed by atoms with Gasteiger partial charge in [0.1, 0.15) is 0 Å². The van der Waals surface area contributed by atoms with Crippen LogP contribution in [-0.4, -0.2) is 16.0 Å². The highest BCUT2D eigenvalue weighted by atomic mass is 35.5. The van der Waals surface area contributed by atoms with Crippen LogP contribution in [-0.2, 0) is 0 Å². The van der Waals surface area contributed by atoms with Gasteiger partial charge >= 0.3 is 0 Å². The van der Waals surface area contributed by atoms with Gasteiger partial charge in [0.15, 0.2) is 5.82 Å². The minimum absolute atomic E-state index is 0.248. The second-order valence-electron chi connectivity index (χ2n) is 4.00. The van der Waals surface area contributed by atoms with Gasteiger partial charge < -0.3 is 11.1 Å². The van der Waals surface area contributed by atoms with Crippen LogP contribution in [0.1, 0.15) is 25.5 Å². The van der Waals surface area contributed by atoms with Crippen LogP contribution >= 0.6 is 11.6 Å². The van der Waals surface area contributed by atoms with Crippen LogP contribution in [0, 0.1) is 12.8 Å². The summed E-state index contributed by atoms with van der Waals surface area (Å²) in [5.74, 6) is 1.42. The summed E-state index contributed by atoms with van der Waals surface area (Å²) in [5.41, 5.74) is 7.19. The molecule has 1 fully saturated rings. The predicted octanol–water partition coefficient (Wildman–Crippen LogP) is 2.23. The summed E-state index contributed by atoms with van der Waals surface area (Å²) in [6.07, 6.45) is 2.38. The number of hydrogen-bond acceptors (Lipinski definition) is 4. The first-order chi connectivity index (χ1) is 7.11. The van der Waals surface area contributed by atoms with Crippen LogP contribution in [0.15, 0.2) is 0 Å². The molecule has 1 aromatic heterocycles. The van der Waals surface area contributed by atoms with Gasteiger partial charge in [-0.1, -0.05) is 13.3 Å². The maximum Gasteiger partial charge on any atom is 0.224 e. The van der Waals surface area contributed by atoms with Gasteiger partial charge in [0, 0.05) is 6.04 Å². The predicted molar refractivity (Wildman–Crippen MR) is 62.0 cm³/mol. The number of nitrogens with zero attached hydrogens (tertiary/aromatic N) is 2. The molecule has 82 valence electrons. The molecule has 0 aliphatic heterocycles. The molecule has 5 heteroatoms. The third kappa shape index (κ3) is 2.15. The molecule has 4 nitrogen and oxygen atoms in total. The lowest BCUT2D eigenvalue weighted by Crippen LogP contribution is -2.10. The zero-order valence-electron chi connectivity index (χ0n) is 8.92. The van der Waals surface area contributed by atoms with Crippen molar-refractivity contribution < 1.29 is 0 Å². The summed E-state index contributed by atoms with van der Waals surface area (Å²) in [7, 11) is 0. The molecular weight excluding hydrogens is 212 g/mol. The third-order valence-electron chi connectivity index (χ3n) is 2.88. The van der Waals surface area contributed by atoms with Crippen molar-refractivity contribution in [1.29, 1.82) is 0 Å². The summed E-state index contributed by atoms with van der Waals surface area (Å²) in [5, 5.41) is 3.55. The third-order valence-corrected chi connectivity index (χ3v) is 3.05. The second-order valence-corrected chi connectivity index (χ2v) is 4.33. The minimum atomic E-state index is 0.248. The van der Waals surface area contributed by atoms with E-state index in [2.05, 4.69) is 22.2 Å². The van der Waals surface area contributed by atoms with E-state index >= 15 is 0 Å². The van der Waals surface area contributed by atoms with Crippen LogP contribution in [0.5, 0.6) is 0 Å². The van der Waals surface area contributed by atoms with E-state index in [4.69, 9.17) is 17.3 Å². The fourth-order valence-corrected chi connectivity index (χ4v) is 1.92. The zero-order chi connectivity index (χ0) is 11.0. The van der Waals surface area contributed by atoms with Crippen molar-refractivity contribution in [3.8, 4) is 0 Å². The Bertz CT molecular complexity index is 380. The first-order valence-corrected chi connectivity index (χ1v) is 5.55. The normalized spacial score (nSPS) is 23.9. The maximum absolute atomic E-state index is 5.87. The van der Waals surface area contributed by atoms with Crippen molar-refractivity contribution in [2.24, 2.45) is 5.92 Å². The lowest BCUT2D eigenvalue weighted by molar-refractivity contribution is 0.773. The molecule has 0 amide bonds. The maximum atomic E-state index is 5.87. The Kier molecular flexibility index (Phi) is 2.69. The highest BCUT2D eigenvalue weighted by molar-refractivity contribution is 6.28. The number of hydrogen-bond donors (Lipinski definition) is 2. The van der Waals surface area contributed by atoms with Crippen molar-refractivity contribution in [2.75, 3.05) is 11.1 Å². The molecule has 1 heterocycles. The molecule has 1 aromatic rings. The van der Waals surface area contributed by atoms with Gasteiger partial charge in [-0.25, -0.2) is 4.98 Å². The van der Waals surface area contributed by atoms with E-state index in [0.717, 1.165) is 11.6 Å². The number of halogens is 1. The number of anilines is 2. The van der Waals surface area contributed by atoms with Crippen LogP contribution in [0.25, 0.3) is 0 Å². The van der Waals surface area contributed by atoms with Crippen molar-refractivity contribution in [3.63, 3.8) is 0 Å². The molecule has 2 unspecified atom stereocenters. The largest absolute Gasteiger partial charge is 0.394 e. The monoisotopic (exact) mass is 226 g/mol. The Balaban J connectivity index is 2.14. The fourth-order valence-electron chi connectivity index (χ4n) is 1.71. The number of nitrogens with one attached hydrogen (secondary N) is 1. The number of aryl methyl sites for hydroxylation is 1. The fraction of sp³-hybridized carbons (Fsp3) is 0.600. The topological polar surface area (TPSA) is 63.8 Å². The highest BCUT2D eigenvalue weighted by Gasteiger charge is 2.35. The summed E-state index contributed by atoms with van der Waals surface area (Å²) in [6, 6.07) is 0.502. The van der Waals surface area contributed by atoms with Crippen molar-refractivity contribution >= 4 is 23.1 Å². The van der Waals surface area contributed by atoms with Crippen LogP contribution < -0.4 is 11.1 Å². The average Bonchev–Trinajstić information content (AvgIpc) is 2.92. The molecule has 2 atom stereocenters. The lowest BCUT2D eigenvalue weighted by atomic mass is 10.3. The Morgan fingerprint density at radius 1 is 1.53 bits per heavy atom. The number of aromatic nitrogens is 2. The van der Waals surface area contributed by atoms with Gasteiger partial charge in [0.2, 0.25) is 5.28 Å². The van der Waals surface area contributed by atoms with Gasteiger partial charge in [-0.3, -0.25) is 0 Å². The number of nitrogen functional groups attached to an aromatic ring is 1. The molecular formula is C10H15ClN4. The molecule has 0 radical (unpaired) electrons. The van der Waals surface area contributed by atoms with Crippen molar-refractivity contribution in [1.82, 2.24) is 9.97 Å². The van der Waals surface area contributed by atoms with Crippen molar-refractivity contribution in [3.05, 3.63) is 11.0 Å². The summed E-state index contributed by atoms with van der Waals surface area (Å²) in [4.78, 5) is 8.09. The highest BCUT2D eigenvalue weighted by Crippen LogP contribution is 2.37. The molecule has 1 aliphatic rings. The molecule has 0 bridgehead atoms. The van der Waals surface area contributed by atoms with E-state index in [1.165, 1.54) is 12.8 Å². The zero-order valence-corrected chi connectivity index (χ0v) is 9.67. The van der Waals surface area contributed by atoms with E-state index in [9.17, 15) is 0 Å². The molecule has 0 aromatic carbocycles. The SMILES string of the molecule is CCC1CC1Nc1nc(Cl)nc(C)c1N. The number of nitrogens with two attached hydrogens (primary N) is 1. The Labute approximate surface area is 94.2 Å². The number of rotatable bonds is 3. The van der Waals surface area contributed by atoms with Crippen LogP contribution in [0.4, 0.5) is 11.5 Å². The molecule has 0 saturated heterocycles. The molecule has 3 N–H and O–H groups in total. The summed E-state index contributed by atoms with van der Waals surface area (Å²) in [6.45, 7) is 4.02. The molecule has 15 heavy (non-hydrogen) atoms. The molecule has 1 aliphatic carbocycles. The molecule has 1 saturated carbocycles. The lowest BCUT2D eigenvalue weighted by Gasteiger charge is -2.09. The van der Waals surface area contributed by atoms with Gasteiger partial charge in [-0.15, -0.1) is 0 Å². The van der Waals surface area contributed by atoms with E-state index in [0.29, 0.717) is 17.5 Å². The molecule has 0 spiro atoms. The Hall–Kier alpha value is -1.03. The first-order valence-electron chi connectivity index (χ1n) is 5.18. The van der Waals surface area contributed by atoms with Gasteiger partial charge in [0.25, 0.3) is 0 Å². The average molecular weight is 227 g/mol. The van der Waals surface area contributed by atoms with E-state index in [1.54, 1.807) is 0 Å². The van der Waals surface area contributed by atoms with E-state index in [-0.39, 0.29) is 5.28 Å². The smallest absolute Gasteiger partial charge is 0.224 e. The first kappa shape index (κ1) is 10.5. The van der Waals surface area contributed by atoms with Crippen LogP contribution in [0.3, 0.4) is 0 Å². The second kappa shape index (κ2) is 3.85. The van der Waals surface area contributed by atoms with Gasteiger partial charge in [-0.2, -0.15) is 4.98 Å². The van der Waals surface area contributed by atoms with Crippen LogP contribution in [0.2, 0.25) is 5.28 Å². The van der Waals surface area contributed by atoms with E-state index < -0.39 is 0 Å². The Morgan fingerprint density at radius 2 is 2.27 bits per heavy atom. The Morgan fingerprint density at radius 3 is 2.87 bits per heavy atom. The quantitative estimate of drug-likeness (QED) is 0.776.